The molecule has 2 heteroatoms. The average Bonchev–Trinajstić information content (AvgIpc) is 3.24. The first-order chi connectivity index (χ1) is 27.0. The van der Waals surface area contributed by atoms with E-state index in [4.69, 9.17) is 9.47 Å². The molecule has 290 valence electrons. The first-order valence-electron chi connectivity index (χ1n) is 21.7. The van der Waals surface area contributed by atoms with Gasteiger partial charge in [-0.05, 0) is 155 Å². The zero-order valence-corrected chi connectivity index (χ0v) is 34.4. The fraction of sp³-hybridized carbons (Fsp3) is 0.472. The van der Waals surface area contributed by atoms with Gasteiger partial charge in [0.2, 0.25) is 0 Å². The summed E-state index contributed by atoms with van der Waals surface area (Å²) in [5.41, 5.74) is 7.98. The number of ether oxygens (including phenoxy) is 2. The second kappa shape index (κ2) is 23.5. The van der Waals surface area contributed by atoms with E-state index < -0.39 is 0 Å². The van der Waals surface area contributed by atoms with Crippen LogP contribution in [-0.4, -0.2) is 13.2 Å². The van der Waals surface area contributed by atoms with Crippen molar-refractivity contribution in [2.45, 2.75) is 136 Å². The van der Waals surface area contributed by atoms with Crippen molar-refractivity contribution in [2.24, 2.45) is 11.8 Å². The molecule has 0 heterocycles. The van der Waals surface area contributed by atoms with Gasteiger partial charge < -0.3 is 9.47 Å². The third-order valence-electron chi connectivity index (χ3n) is 11.4. The highest BCUT2D eigenvalue weighted by Crippen LogP contribution is 2.37. The van der Waals surface area contributed by atoms with Gasteiger partial charge in [-0.2, -0.15) is 0 Å². The number of hydrogen-bond donors (Lipinski definition) is 0. The lowest BCUT2D eigenvalue weighted by molar-refractivity contribution is 0.306. The van der Waals surface area contributed by atoms with Crippen LogP contribution < -0.4 is 9.47 Å². The van der Waals surface area contributed by atoms with E-state index in [1.54, 1.807) is 0 Å². The average molecular weight is 735 g/mol. The molecule has 6 rings (SSSR count). The van der Waals surface area contributed by atoms with Crippen LogP contribution in [0.4, 0.5) is 0 Å². The van der Waals surface area contributed by atoms with Gasteiger partial charge in [0, 0.05) is 23.0 Å². The van der Waals surface area contributed by atoms with Crippen LogP contribution in [0.5, 0.6) is 11.5 Å². The summed E-state index contributed by atoms with van der Waals surface area (Å²) in [4.78, 5) is 0. The maximum Gasteiger partial charge on any atom is 0.119 e. The molecular formula is C53H66O2. The Balaban J connectivity index is 0.000000211. The van der Waals surface area contributed by atoms with Crippen LogP contribution in [0.15, 0.2) is 97.1 Å². The van der Waals surface area contributed by atoms with Gasteiger partial charge in [-0.25, -0.2) is 0 Å². The van der Waals surface area contributed by atoms with Crippen molar-refractivity contribution in [3.63, 3.8) is 0 Å². The maximum absolute atomic E-state index is 5.78. The smallest absolute Gasteiger partial charge is 0.119 e. The van der Waals surface area contributed by atoms with E-state index in [0.29, 0.717) is 23.7 Å². The molecule has 0 bridgehead atoms. The zero-order chi connectivity index (χ0) is 38.5. The van der Waals surface area contributed by atoms with Crippen molar-refractivity contribution >= 4 is 0 Å². The Kier molecular flexibility index (Phi) is 17.8. The van der Waals surface area contributed by atoms with Gasteiger partial charge in [0.25, 0.3) is 0 Å². The molecule has 0 unspecified atom stereocenters. The Hall–Kier alpha value is -4.40. The van der Waals surface area contributed by atoms with E-state index in [1.165, 1.54) is 99.3 Å². The molecule has 4 aromatic carbocycles. The van der Waals surface area contributed by atoms with Crippen LogP contribution >= 0.6 is 0 Å². The fourth-order valence-electron chi connectivity index (χ4n) is 7.73. The molecule has 4 aromatic rings. The predicted molar refractivity (Wildman–Crippen MR) is 233 cm³/mol. The van der Waals surface area contributed by atoms with Crippen LogP contribution in [0.1, 0.15) is 156 Å². The van der Waals surface area contributed by atoms with Gasteiger partial charge in [0.05, 0.1) is 13.2 Å². The molecule has 2 saturated carbocycles. The SMILES string of the molecule is CCCCCOc1ccc(C#C[C@H]2CC[C@H](c3ccc(C)cc3)CC2)cc1.CCCCCOc1ccc(C#C[C@H]2CC[C@H](c3ccc(CC)cc3)CC2)cc1. The highest BCUT2D eigenvalue weighted by molar-refractivity contribution is 5.40. The van der Waals surface area contributed by atoms with Crippen molar-refractivity contribution in [3.05, 3.63) is 130 Å². The molecule has 2 nitrogen and oxygen atoms in total. The first kappa shape index (κ1) is 41.8. The Bertz CT molecular complexity index is 1760. The molecule has 2 aliphatic rings. The Labute approximate surface area is 334 Å². The van der Waals surface area contributed by atoms with Crippen LogP contribution in [0.2, 0.25) is 0 Å². The number of aryl methyl sites for hydroxylation is 2. The monoisotopic (exact) mass is 735 g/mol. The molecule has 0 saturated heterocycles. The Morgan fingerprint density at radius 1 is 0.473 bits per heavy atom. The lowest BCUT2D eigenvalue weighted by Gasteiger charge is -2.26. The zero-order valence-electron chi connectivity index (χ0n) is 34.4. The summed E-state index contributed by atoms with van der Waals surface area (Å²) in [5, 5.41) is 0. The summed E-state index contributed by atoms with van der Waals surface area (Å²) < 4.78 is 11.5. The summed E-state index contributed by atoms with van der Waals surface area (Å²) >= 11 is 0. The molecule has 55 heavy (non-hydrogen) atoms. The lowest BCUT2D eigenvalue weighted by atomic mass is 9.79. The lowest BCUT2D eigenvalue weighted by Crippen LogP contribution is -2.12. The van der Waals surface area contributed by atoms with Gasteiger partial charge in [-0.1, -0.05) is 124 Å². The van der Waals surface area contributed by atoms with Crippen LogP contribution in [0.25, 0.3) is 0 Å². The van der Waals surface area contributed by atoms with Crippen molar-refractivity contribution < 1.29 is 9.47 Å². The van der Waals surface area contributed by atoms with Crippen LogP contribution in [0.3, 0.4) is 0 Å². The highest BCUT2D eigenvalue weighted by atomic mass is 16.5. The predicted octanol–water partition coefficient (Wildman–Crippen LogP) is 14.0. The minimum absolute atomic E-state index is 0.538. The number of rotatable bonds is 13. The summed E-state index contributed by atoms with van der Waals surface area (Å²) in [7, 11) is 0. The van der Waals surface area contributed by atoms with Gasteiger partial charge in [0.1, 0.15) is 11.5 Å². The molecule has 0 radical (unpaired) electrons. The Morgan fingerprint density at radius 2 is 0.873 bits per heavy atom. The molecule has 0 atom stereocenters. The summed E-state index contributed by atoms with van der Waals surface area (Å²) in [6.07, 6.45) is 18.2. The molecule has 0 aliphatic heterocycles. The summed E-state index contributed by atoms with van der Waals surface area (Å²) in [6, 6.07) is 34.9. The third-order valence-corrected chi connectivity index (χ3v) is 11.4. The molecule has 0 aromatic heterocycles. The minimum atomic E-state index is 0.538. The van der Waals surface area contributed by atoms with Crippen LogP contribution in [0, 0.1) is 42.4 Å². The number of hydrogen-bond acceptors (Lipinski definition) is 2. The number of benzene rings is 4. The molecule has 0 spiro atoms. The van der Waals surface area contributed by atoms with Crippen molar-refractivity contribution in [2.75, 3.05) is 13.2 Å². The first-order valence-corrected chi connectivity index (χ1v) is 21.7. The van der Waals surface area contributed by atoms with E-state index in [9.17, 15) is 0 Å². The van der Waals surface area contributed by atoms with Gasteiger partial charge in [-0.3, -0.25) is 0 Å². The third kappa shape index (κ3) is 14.6. The second-order valence-electron chi connectivity index (χ2n) is 15.8. The van der Waals surface area contributed by atoms with Gasteiger partial charge >= 0.3 is 0 Å². The van der Waals surface area contributed by atoms with Crippen molar-refractivity contribution in [3.8, 4) is 35.2 Å². The number of unbranched alkanes of at least 4 members (excludes halogenated alkanes) is 4. The molecule has 2 aliphatic carbocycles. The van der Waals surface area contributed by atoms with Crippen molar-refractivity contribution in [1.29, 1.82) is 0 Å². The molecule has 0 amide bonds. The van der Waals surface area contributed by atoms with Crippen molar-refractivity contribution in [1.82, 2.24) is 0 Å². The highest BCUT2D eigenvalue weighted by Gasteiger charge is 2.22. The minimum Gasteiger partial charge on any atom is -0.494 e. The van der Waals surface area contributed by atoms with Gasteiger partial charge in [-0.15, -0.1) is 0 Å². The van der Waals surface area contributed by atoms with E-state index in [2.05, 4.69) is 124 Å². The van der Waals surface area contributed by atoms with E-state index >= 15 is 0 Å². The summed E-state index contributed by atoms with van der Waals surface area (Å²) in [5.74, 6) is 18.2. The van der Waals surface area contributed by atoms with E-state index in [1.807, 2.05) is 24.3 Å². The largest absolute Gasteiger partial charge is 0.494 e. The second-order valence-corrected chi connectivity index (χ2v) is 15.8. The van der Waals surface area contributed by atoms with E-state index in [0.717, 1.165) is 55.1 Å². The topological polar surface area (TPSA) is 18.5 Å². The van der Waals surface area contributed by atoms with E-state index in [-0.39, 0.29) is 0 Å². The van der Waals surface area contributed by atoms with Gasteiger partial charge in [0.15, 0.2) is 0 Å². The molecule has 0 N–H and O–H groups in total. The Morgan fingerprint density at radius 3 is 1.25 bits per heavy atom. The quantitative estimate of drug-likeness (QED) is 0.101. The van der Waals surface area contributed by atoms with Crippen LogP contribution in [-0.2, 0) is 6.42 Å². The summed E-state index contributed by atoms with van der Waals surface area (Å²) in [6.45, 7) is 10.4. The molecule has 2 fully saturated rings. The standard InChI is InChI=1S/C27H34O.C26H32O/c1-3-5-6-21-28-27-19-13-24(14-20-27)8-7-23-11-17-26(18-12-23)25-15-9-22(4-2)10-16-25;1-3-4-5-20-27-26-18-12-23(13-19-26)9-8-22-10-16-25(17-11-22)24-14-6-21(2)7-15-24/h9-10,13-16,19-20,23,26H,3-6,11-12,17-18,21H2,1-2H3;6-7,12-15,18-19,22,25H,3-5,10-11,16-17,20H2,1-2H3/t23-,26-;22-,25-. The normalized spacial score (nSPS) is 19.1. The molecular weight excluding hydrogens is 669 g/mol. The maximum atomic E-state index is 5.78. The fourth-order valence-corrected chi connectivity index (χ4v) is 7.73.